The highest BCUT2D eigenvalue weighted by molar-refractivity contribution is 7.92. The summed E-state index contributed by atoms with van der Waals surface area (Å²) in [6, 6.07) is 10.2. The number of hydrogen-bond donors (Lipinski definition) is 1. The number of rotatable bonds is 8. The highest BCUT2D eigenvalue weighted by Crippen LogP contribution is 2.35. The van der Waals surface area contributed by atoms with Gasteiger partial charge < -0.3 is 14.0 Å². The summed E-state index contributed by atoms with van der Waals surface area (Å²) in [6.45, 7) is 0.517. The number of benzene rings is 1. The van der Waals surface area contributed by atoms with Gasteiger partial charge in [-0.25, -0.2) is 8.42 Å². The van der Waals surface area contributed by atoms with Gasteiger partial charge in [0, 0.05) is 17.5 Å². The molecule has 5 rings (SSSR count). The Labute approximate surface area is 199 Å². The minimum atomic E-state index is -3.93. The Morgan fingerprint density at radius 1 is 1.18 bits per heavy atom. The molecule has 0 radical (unpaired) electrons. The third-order valence-electron chi connectivity index (χ3n) is 5.33. The standard InChI is InChI=1S/C22H19ClN4O6S/c1-31-22-18(11-16(23)21(24-22)32-12-13-2-3-13)27-17-6-5-15(10-14(17)4-7-20(27)28)34(29,30)26-19-8-9-33-25-19/h4-11,13H,2-3,12H2,1H3,(H,25,26). The van der Waals surface area contributed by atoms with E-state index < -0.39 is 10.0 Å². The number of pyridine rings is 2. The first-order valence-electron chi connectivity index (χ1n) is 10.3. The second kappa shape index (κ2) is 8.65. The number of halogens is 1. The number of nitrogens with zero attached hydrogens (tertiary/aromatic N) is 3. The lowest BCUT2D eigenvalue weighted by Crippen LogP contribution is -2.19. The van der Waals surface area contributed by atoms with Gasteiger partial charge in [0.1, 0.15) is 17.0 Å². The number of anilines is 1. The van der Waals surface area contributed by atoms with E-state index in [1.54, 1.807) is 6.07 Å². The van der Waals surface area contributed by atoms with Gasteiger partial charge in [-0.1, -0.05) is 16.8 Å². The van der Waals surface area contributed by atoms with Gasteiger partial charge in [-0.05, 0) is 49.1 Å². The lowest BCUT2D eigenvalue weighted by Gasteiger charge is -2.16. The van der Waals surface area contributed by atoms with Crippen molar-refractivity contribution in [1.82, 2.24) is 14.7 Å². The van der Waals surface area contributed by atoms with E-state index in [4.69, 9.17) is 21.1 Å². The lowest BCUT2D eigenvalue weighted by atomic mass is 10.2. The normalized spacial score (nSPS) is 13.7. The molecule has 4 aromatic rings. The number of hydrogen-bond acceptors (Lipinski definition) is 8. The molecular formula is C22H19ClN4O6S. The topological polar surface area (TPSA) is 126 Å². The molecule has 0 atom stereocenters. The highest BCUT2D eigenvalue weighted by Gasteiger charge is 2.24. The molecule has 0 bridgehead atoms. The number of ether oxygens (including phenoxy) is 2. The van der Waals surface area contributed by atoms with Crippen molar-refractivity contribution >= 4 is 38.3 Å². The van der Waals surface area contributed by atoms with Gasteiger partial charge in [0.05, 0.1) is 24.1 Å². The fraction of sp³-hybridized carbons (Fsp3) is 0.227. The molecule has 0 spiro atoms. The molecule has 0 saturated heterocycles. The Morgan fingerprint density at radius 3 is 2.71 bits per heavy atom. The van der Waals surface area contributed by atoms with Crippen LogP contribution in [0.4, 0.5) is 5.82 Å². The number of fused-ring (bicyclic) bond motifs is 1. The highest BCUT2D eigenvalue weighted by atomic mass is 35.5. The molecule has 1 aromatic carbocycles. The fourth-order valence-electron chi connectivity index (χ4n) is 3.44. The molecule has 3 heterocycles. The summed E-state index contributed by atoms with van der Waals surface area (Å²) >= 11 is 6.41. The maximum Gasteiger partial charge on any atom is 0.263 e. The molecule has 34 heavy (non-hydrogen) atoms. The number of methoxy groups -OCH3 is 1. The van der Waals surface area contributed by atoms with Crippen molar-refractivity contribution in [2.75, 3.05) is 18.4 Å². The van der Waals surface area contributed by atoms with E-state index in [1.807, 2.05) is 0 Å². The van der Waals surface area contributed by atoms with Crippen molar-refractivity contribution < 1.29 is 22.4 Å². The molecule has 1 aliphatic carbocycles. The Bertz CT molecular complexity index is 1530. The maximum absolute atomic E-state index is 12.9. The minimum Gasteiger partial charge on any atom is -0.479 e. The molecule has 10 nitrogen and oxygen atoms in total. The van der Waals surface area contributed by atoms with Crippen LogP contribution in [0.1, 0.15) is 12.8 Å². The molecule has 0 aliphatic heterocycles. The summed E-state index contributed by atoms with van der Waals surface area (Å²) in [5.74, 6) is 0.942. The number of aromatic nitrogens is 3. The monoisotopic (exact) mass is 502 g/mol. The summed E-state index contributed by atoms with van der Waals surface area (Å²) in [7, 11) is -2.50. The molecule has 12 heteroatoms. The minimum absolute atomic E-state index is 0.0138. The SMILES string of the molecule is COc1nc(OCC2CC2)c(Cl)cc1-n1c(=O)ccc2cc(S(=O)(=O)Nc3ccon3)ccc21. The Hall–Kier alpha value is -3.57. The quantitative estimate of drug-likeness (QED) is 0.387. The van der Waals surface area contributed by atoms with Crippen molar-refractivity contribution in [2.24, 2.45) is 5.92 Å². The third kappa shape index (κ3) is 4.31. The summed E-state index contributed by atoms with van der Waals surface area (Å²) in [5.41, 5.74) is 0.376. The van der Waals surface area contributed by atoms with Crippen LogP contribution in [0.2, 0.25) is 5.02 Å². The molecule has 0 unspecified atom stereocenters. The molecular weight excluding hydrogens is 484 g/mol. The van der Waals surface area contributed by atoms with Crippen LogP contribution in [0.5, 0.6) is 11.8 Å². The third-order valence-corrected chi connectivity index (χ3v) is 6.95. The van der Waals surface area contributed by atoms with Crippen molar-refractivity contribution in [1.29, 1.82) is 0 Å². The summed E-state index contributed by atoms with van der Waals surface area (Å²) < 4.78 is 45.0. The van der Waals surface area contributed by atoms with Gasteiger partial charge in [0.2, 0.25) is 11.8 Å². The van der Waals surface area contributed by atoms with Gasteiger partial charge in [0.25, 0.3) is 15.6 Å². The molecule has 1 N–H and O–H groups in total. The Morgan fingerprint density at radius 2 is 2.00 bits per heavy atom. The number of nitrogens with one attached hydrogen (secondary N) is 1. The van der Waals surface area contributed by atoms with Gasteiger partial charge in [-0.2, -0.15) is 4.98 Å². The molecule has 3 aromatic heterocycles. The smallest absolute Gasteiger partial charge is 0.263 e. The van der Waals surface area contributed by atoms with E-state index in [2.05, 4.69) is 19.4 Å². The first kappa shape index (κ1) is 22.2. The average Bonchev–Trinajstić information content (AvgIpc) is 3.52. The molecule has 0 amide bonds. The van der Waals surface area contributed by atoms with Crippen molar-refractivity contribution in [3.05, 3.63) is 64.1 Å². The molecule has 1 fully saturated rings. The van der Waals surface area contributed by atoms with Crippen LogP contribution in [-0.2, 0) is 10.0 Å². The Balaban J connectivity index is 1.58. The van der Waals surface area contributed by atoms with E-state index in [-0.39, 0.29) is 33.1 Å². The predicted octanol–water partition coefficient (Wildman–Crippen LogP) is 3.63. The summed E-state index contributed by atoms with van der Waals surface area (Å²) in [4.78, 5) is 17.2. The van der Waals surface area contributed by atoms with Crippen LogP contribution in [-0.4, -0.2) is 36.8 Å². The van der Waals surface area contributed by atoms with Gasteiger partial charge in [0.15, 0.2) is 5.82 Å². The Kier molecular flexibility index (Phi) is 5.66. The summed E-state index contributed by atoms with van der Waals surface area (Å²) in [6.07, 6.45) is 3.49. The maximum atomic E-state index is 12.9. The predicted molar refractivity (Wildman–Crippen MR) is 124 cm³/mol. The van der Waals surface area contributed by atoms with E-state index in [0.29, 0.717) is 29.1 Å². The van der Waals surface area contributed by atoms with Crippen molar-refractivity contribution in [2.45, 2.75) is 17.7 Å². The average molecular weight is 503 g/mol. The molecule has 176 valence electrons. The lowest BCUT2D eigenvalue weighted by molar-refractivity contribution is 0.282. The van der Waals surface area contributed by atoms with E-state index >= 15 is 0 Å². The van der Waals surface area contributed by atoms with E-state index in [0.717, 1.165) is 12.8 Å². The zero-order valence-corrected chi connectivity index (χ0v) is 19.5. The summed E-state index contributed by atoms with van der Waals surface area (Å²) in [5, 5.41) is 4.29. The van der Waals surface area contributed by atoms with Gasteiger partial charge in [-0.15, -0.1) is 0 Å². The van der Waals surface area contributed by atoms with Crippen LogP contribution >= 0.6 is 11.6 Å². The van der Waals surface area contributed by atoms with E-state index in [1.165, 1.54) is 54.3 Å². The largest absolute Gasteiger partial charge is 0.479 e. The van der Waals surface area contributed by atoms with Crippen LogP contribution < -0.4 is 19.8 Å². The second-order valence-corrected chi connectivity index (χ2v) is 9.87. The fourth-order valence-corrected chi connectivity index (χ4v) is 4.67. The zero-order valence-electron chi connectivity index (χ0n) is 17.9. The zero-order chi connectivity index (χ0) is 23.9. The van der Waals surface area contributed by atoms with Crippen LogP contribution in [0.15, 0.2) is 62.9 Å². The van der Waals surface area contributed by atoms with E-state index in [9.17, 15) is 13.2 Å². The van der Waals surface area contributed by atoms with Crippen molar-refractivity contribution in [3.8, 4) is 17.4 Å². The number of sulfonamides is 1. The molecule has 1 saturated carbocycles. The van der Waals surface area contributed by atoms with Crippen molar-refractivity contribution in [3.63, 3.8) is 0 Å². The van der Waals surface area contributed by atoms with Crippen LogP contribution in [0, 0.1) is 5.92 Å². The van der Waals surface area contributed by atoms with Crippen LogP contribution in [0.3, 0.4) is 0 Å². The molecule has 1 aliphatic rings. The van der Waals surface area contributed by atoms with Gasteiger partial charge >= 0.3 is 0 Å². The second-order valence-electron chi connectivity index (χ2n) is 7.78. The first-order valence-corrected chi connectivity index (χ1v) is 12.2. The first-order chi connectivity index (χ1) is 16.4. The van der Waals surface area contributed by atoms with Crippen LogP contribution in [0.25, 0.3) is 16.6 Å². The van der Waals surface area contributed by atoms with Gasteiger partial charge in [-0.3, -0.25) is 14.1 Å².